The fraction of sp³-hybridized carbons (Fsp3) is 0.579. The van der Waals surface area contributed by atoms with Crippen molar-refractivity contribution in [3.8, 4) is 5.75 Å². The average molecular weight is 365 g/mol. The van der Waals surface area contributed by atoms with E-state index in [1.165, 1.54) is 24.3 Å². The predicted molar refractivity (Wildman–Crippen MR) is 97.5 cm³/mol. The summed E-state index contributed by atoms with van der Waals surface area (Å²) < 4.78 is 18.3. The van der Waals surface area contributed by atoms with E-state index in [0.717, 1.165) is 6.42 Å². The Morgan fingerprint density at radius 3 is 2.35 bits per heavy atom. The molecule has 1 heterocycles. The second-order valence-corrected chi connectivity index (χ2v) is 7.68. The second-order valence-electron chi connectivity index (χ2n) is 7.68. The number of nitrogens with zero attached hydrogens (tertiary/aromatic N) is 2. The van der Waals surface area contributed by atoms with Crippen molar-refractivity contribution in [1.29, 1.82) is 0 Å². The Labute approximate surface area is 154 Å². The zero-order valence-corrected chi connectivity index (χ0v) is 15.8. The van der Waals surface area contributed by atoms with Gasteiger partial charge in [-0.1, -0.05) is 20.8 Å². The molecule has 26 heavy (non-hydrogen) atoms. The maximum atomic E-state index is 12.9. The SMILES string of the molecule is CC(C)(C)CNC(=O)N1CCCN(C(=O)COc2ccc(F)cc2)CC1. The zero-order valence-electron chi connectivity index (χ0n) is 15.8. The van der Waals surface area contributed by atoms with Crippen LogP contribution in [0.2, 0.25) is 0 Å². The molecule has 0 atom stereocenters. The Morgan fingerprint density at radius 2 is 1.69 bits per heavy atom. The molecule has 6 nitrogen and oxygen atoms in total. The highest BCUT2D eigenvalue weighted by molar-refractivity contribution is 5.78. The summed E-state index contributed by atoms with van der Waals surface area (Å²) in [5.41, 5.74) is 0.0290. The van der Waals surface area contributed by atoms with Crippen LogP contribution in [0.1, 0.15) is 27.2 Å². The van der Waals surface area contributed by atoms with E-state index in [4.69, 9.17) is 4.74 Å². The van der Waals surface area contributed by atoms with Gasteiger partial charge in [0.05, 0.1) is 0 Å². The van der Waals surface area contributed by atoms with Crippen molar-refractivity contribution in [2.45, 2.75) is 27.2 Å². The Balaban J connectivity index is 1.78. The zero-order chi connectivity index (χ0) is 19.2. The molecule has 1 saturated heterocycles. The quantitative estimate of drug-likeness (QED) is 0.892. The lowest BCUT2D eigenvalue weighted by molar-refractivity contribution is -0.133. The van der Waals surface area contributed by atoms with Crippen molar-refractivity contribution < 1.29 is 18.7 Å². The lowest BCUT2D eigenvalue weighted by Crippen LogP contribution is -2.45. The van der Waals surface area contributed by atoms with Crippen molar-refractivity contribution >= 4 is 11.9 Å². The lowest BCUT2D eigenvalue weighted by Gasteiger charge is -2.25. The van der Waals surface area contributed by atoms with E-state index in [-0.39, 0.29) is 29.8 Å². The van der Waals surface area contributed by atoms with Crippen LogP contribution in [0, 0.1) is 11.2 Å². The van der Waals surface area contributed by atoms with Gasteiger partial charge in [-0.2, -0.15) is 0 Å². The molecular formula is C19H28FN3O3. The number of nitrogens with one attached hydrogen (secondary N) is 1. The fourth-order valence-electron chi connectivity index (χ4n) is 2.59. The van der Waals surface area contributed by atoms with Gasteiger partial charge in [-0.3, -0.25) is 4.79 Å². The van der Waals surface area contributed by atoms with E-state index in [0.29, 0.717) is 38.5 Å². The number of amides is 3. The number of urea groups is 1. The Bertz CT molecular complexity index is 613. The molecule has 1 aliphatic heterocycles. The first kappa shape index (κ1) is 20.0. The van der Waals surface area contributed by atoms with E-state index in [9.17, 15) is 14.0 Å². The summed E-state index contributed by atoms with van der Waals surface area (Å²) in [6.45, 7) is 8.91. The molecule has 1 N–H and O–H groups in total. The van der Waals surface area contributed by atoms with Crippen LogP contribution in [0.4, 0.5) is 9.18 Å². The Kier molecular flexibility index (Phi) is 6.83. The number of carbonyl (C=O) groups is 2. The van der Waals surface area contributed by atoms with Gasteiger partial charge in [0.2, 0.25) is 0 Å². The van der Waals surface area contributed by atoms with Crippen LogP contribution in [-0.2, 0) is 4.79 Å². The number of rotatable bonds is 4. The average Bonchev–Trinajstić information content (AvgIpc) is 2.84. The third kappa shape index (κ3) is 6.54. The van der Waals surface area contributed by atoms with E-state index >= 15 is 0 Å². The number of carbonyl (C=O) groups excluding carboxylic acids is 2. The largest absolute Gasteiger partial charge is 0.484 e. The summed E-state index contributed by atoms with van der Waals surface area (Å²) >= 11 is 0. The van der Waals surface area contributed by atoms with Crippen molar-refractivity contribution in [2.75, 3.05) is 39.3 Å². The molecule has 0 unspecified atom stereocenters. The molecule has 2 rings (SSSR count). The molecular weight excluding hydrogens is 337 g/mol. The van der Waals surface area contributed by atoms with Crippen LogP contribution in [0.25, 0.3) is 0 Å². The molecule has 1 fully saturated rings. The lowest BCUT2D eigenvalue weighted by atomic mass is 9.97. The number of ether oxygens (including phenoxy) is 1. The smallest absolute Gasteiger partial charge is 0.317 e. The van der Waals surface area contributed by atoms with Crippen molar-refractivity contribution in [1.82, 2.24) is 15.1 Å². The van der Waals surface area contributed by atoms with Gasteiger partial charge >= 0.3 is 6.03 Å². The van der Waals surface area contributed by atoms with Crippen LogP contribution in [0.3, 0.4) is 0 Å². The van der Waals surface area contributed by atoms with E-state index in [1.54, 1.807) is 9.80 Å². The molecule has 0 radical (unpaired) electrons. The van der Waals surface area contributed by atoms with Gasteiger partial charge in [-0.25, -0.2) is 9.18 Å². The first-order chi connectivity index (χ1) is 12.2. The molecule has 144 valence electrons. The highest BCUT2D eigenvalue weighted by Crippen LogP contribution is 2.13. The minimum atomic E-state index is -0.346. The van der Waals surface area contributed by atoms with Gasteiger partial charge in [0, 0.05) is 32.7 Å². The van der Waals surface area contributed by atoms with Gasteiger partial charge < -0.3 is 19.9 Å². The summed E-state index contributed by atoms with van der Waals surface area (Å²) in [4.78, 5) is 28.1. The van der Waals surface area contributed by atoms with Gasteiger partial charge in [-0.05, 0) is 36.1 Å². The number of hydrogen-bond acceptors (Lipinski definition) is 3. The highest BCUT2D eigenvalue weighted by Gasteiger charge is 2.23. The summed E-state index contributed by atoms with van der Waals surface area (Å²) in [6, 6.07) is 5.48. The van der Waals surface area contributed by atoms with Crippen LogP contribution in [0.5, 0.6) is 5.75 Å². The summed E-state index contributed by atoms with van der Waals surface area (Å²) in [5, 5.41) is 2.94. The van der Waals surface area contributed by atoms with Crippen LogP contribution in [-0.4, -0.2) is 61.1 Å². The molecule has 7 heteroatoms. The van der Waals surface area contributed by atoms with Gasteiger partial charge in [-0.15, -0.1) is 0 Å². The maximum Gasteiger partial charge on any atom is 0.317 e. The number of benzene rings is 1. The number of halogens is 1. The van der Waals surface area contributed by atoms with Crippen molar-refractivity contribution in [3.63, 3.8) is 0 Å². The normalized spacial score (nSPS) is 15.4. The van der Waals surface area contributed by atoms with E-state index in [2.05, 4.69) is 26.1 Å². The molecule has 0 aliphatic carbocycles. The third-order valence-electron chi connectivity index (χ3n) is 4.08. The topological polar surface area (TPSA) is 61.9 Å². The molecule has 1 aliphatic rings. The molecule has 1 aromatic rings. The minimum absolute atomic E-state index is 0.0290. The first-order valence-corrected chi connectivity index (χ1v) is 8.93. The molecule has 0 aromatic heterocycles. The standard InChI is InChI=1S/C19H28FN3O3/c1-19(2,3)14-21-18(25)23-10-4-9-22(11-12-23)17(24)13-26-16-7-5-15(20)6-8-16/h5-8H,4,9-14H2,1-3H3,(H,21,25). The third-order valence-corrected chi connectivity index (χ3v) is 4.08. The fourth-order valence-corrected chi connectivity index (χ4v) is 2.59. The van der Waals surface area contributed by atoms with Crippen LogP contribution >= 0.6 is 0 Å². The van der Waals surface area contributed by atoms with E-state index in [1.807, 2.05) is 0 Å². The molecule has 1 aromatic carbocycles. The van der Waals surface area contributed by atoms with Crippen molar-refractivity contribution in [2.24, 2.45) is 5.41 Å². The predicted octanol–water partition coefficient (Wildman–Crippen LogP) is 2.49. The van der Waals surface area contributed by atoms with Gasteiger partial charge in [0.25, 0.3) is 5.91 Å². The summed E-state index contributed by atoms with van der Waals surface area (Å²) in [7, 11) is 0. The van der Waals surface area contributed by atoms with E-state index < -0.39 is 0 Å². The molecule has 0 saturated carbocycles. The van der Waals surface area contributed by atoms with Crippen LogP contribution < -0.4 is 10.1 Å². The first-order valence-electron chi connectivity index (χ1n) is 8.93. The monoisotopic (exact) mass is 365 g/mol. The summed E-state index contributed by atoms with van der Waals surface area (Å²) in [6.07, 6.45) is 0.727. The van der Waals surface area contributed by atoms with Gasteiger partial charge in [0.15, 0.2) is 6.61 Å². The highest BCUT2D eigenvalue weighted by atomic mass is 19.1. The second kappa shape index (κ2) is 8.87. The Morgan fingerprint density at radius 1 is 1.08 bits per heavy atom. The van der Waals surface area contributed by atoms with Crippen LogP contribution in [0.15, 0.2) is 24.3 Å². The van der Waals surface area contributed by atoms with Crippen molar-refractivity contribution in [3.05, 3.63) is 30.1 Å². The number of hydrogen-bond donors (Lipinski definition) is 1. The minimum Gasteiger partial charge on any atom is -0.484 e. The summed E-state index contributed by atoms with van der Waals surface area (Å²) in [5.74, 6) is -0.0231. The molecule has 0 spiro atoms. The maximum absolute atomic E-state index is 12.9. The van der Waals surface area contributed by atoms with Gasteiger partial charge in [0.1, 0.15) is 11.6 Å². The Hall–Kier alpha value is -2.31. The molecule has 3 amide bonds. The molecule has 0 bridgehead atoms.